The van der Waals surface area contributed by atoms with E-state index in [-0.39, 0.29) is 11.8 Å². The zero-order chi connectivity index (χ0) is 18.6. The molecule has 2 aliphatic heterocycles. The lowest BCUT2D eigenvalue weighted by Gasteiger charge is -2.27. The highest BCUT2D eigenvalue weighted by molar-refractivity contribution is 5.94. The largest absolute Gasteiger partial charge is 0.491 e. The monoisotopic (exact) mass is 372 g/mol. The summed E-state index contributed by atoms with van der Waals surface area (Å²) in [5.74, 6) is 1.55. The quantitative estimate of drug-likeness (QED) is 0.818. The van der Waals surface area contributed by atoms with Crippen molar-refractivity contribution in [3.63, 3.8) is 0 Å². The van der Waals surface area contributed by atoms with Crippen LogP contribution in [0.15, 0.2) is 18.2 Å². The molecule has 0 N–H and O–H groups in total. The molecule has 1 saturated heterocycles. The number of carbonyl (C=O) groups excluding carboxylic acids is 2. The van der Waals surface area contributed by atoms with Gasteiger partial charge in [0.1, 0.15) is 12.4 Å². The van der Waals surface area contributed by atoms with Gasteiger partial charge in [0, 0.05) is 37.2 Å². The summed E-state index contributed by atoms with van der Waals surface area (Å²) in [6.45, 7) is 4.04. The van der Waals surface area contributed by atoms with Gasteiger partial charge in [0.15, 0.2) is 0 Å². The Morgan fingerprint density at radius 2 is 1.74 bits per heavy atom. The Kier molecular flexibility index (Phi) is 5.62. The maximum Gasteiger partial charge on any atom is 0.254 e. The zero-order valence-corrected chi connectivity index (χ0v) is 15.8. The Morgan fingerprint density at radius 3 is 2.52 bits per heavy atom. The van der Waals surface area contributed by atoms with Gasteiger partial charge in [-0.25, -0.2) is 0 Å². The van der Waals surface area contributed by atoms with Gasteiger partial charge in [-0.2, -0.15) is 0 Å². The van der Waals surface area contributed by atoms with Crippen LogP contribution in [0.3, 0.4) is 0 Å². The van der Waals surface area contributed by atoms with Gasteiger partial charge < -0.3 is 19.3 Å². The van der Waals surface area contributed by atoms with Gasteiger partial charge in [-0.3, -0.25) is 9.59 Å². The predicted octanol–water partition coefficient (Wildman–Crippen LogP) is 2.46. The summed E-state index contributed by atoms with van der Waals surface area (Å²) in [5, 5.41) is 0. The number of carbonyl (C=O) groups is 2. The fourth-order valence-electron chi connectivity index (χ4n) is 4.28. The molecule has 4 rings (SSSR count). The van der Waals surface area contributed by atoms with Crippen LogP contribution >= 0.6 is 0 Å². The Balaban J connectivity index is 1.47. The number of amides is 2. The molecule has 0 unspecified atom stereocenters. The van der Waals surface area contributed by atoms with Crippen LogP contribution in [0.5, 0.6) is 5.75 Å². The summed E-state index contributed by atoms with van der Waals surface area (Å²) in [6, 6.07) is 5.59. The Morgan fingerprint density at radius 1 is 1.00 bits per heavy atom. The Bertz CT molecular complexity index is 693. The maximum absolute atomic E-state index is 12.8. The molecule has 0 spiro atoms. The topological polar surface area (TPSA) is 59.1 Å². The van der Waals surface area contributed by atoms with Crippen LogP contribution in [0.1, 0.15) is 48.0 Å². The molecule has 2 fully saturated rings. The average molecular weight is 372 g/mol. The fraction of sp³-hybridized carbons (Fsp3) is 0.619. The number of rotatable bonds is 3. The van der Waals surface area contributed by atoms with Crippen molar-refractivity contribution < 1.29 is 19.1 Å². The first-order valence-corrected chi connectivity index (χ1v) is 10.1. The van der Waals surface area contributed by atoms with Crippen molar-refractivity contribution >= 4 is 11.8 Å². The van der Waals surface area contributed by atoms with Gasteiger partial charge in [-0.15, -0.1) is 0 Å². The van der Waals surface area contributed by atoms with Crippen molar-refractivity contribution in [3.8, 4) is 5.75 Å². The summed E-state index contributed by atoms with van der Waals surface area (Å²) >= 11 is 0. The Labute approximate surface area is 160 Å². The van der Waals surface area contributed by atoms with Gasteiger partial charge in [0.25, 0.3) is 5.91 Å². The zero-order valence-electron chi connectivity index (χ0n) is 15.8. The standard InChI is InChI=1S/C21H28N2O4/c24-20(13-16-3-1-2-4-16)23-9-12-27-19-6-5-17(14-18(19)15-23)21(25)22-7-10-26-11-8-22/h5-6,14,16H,1-4,7-13,15H2. The number of nitrogens with zero attached hydrogens (tertiary/aromatic N) is 2. The van der Waals surface area contributed by atoms with Crippen molar-refractivity contribution in [3.05, 3.63) is 29.3 Å². The molecule has 0 atom stereocenters. The molecule has 0 aromatic heterocycles. The van der Waals surface area contributed by atoms with Crippen molar-refractivity contribution in [2.75, 3.05) is 39.5 Å². The highest BCUT2D eigenvalue weighted by Gasteiger charge is 2.26. The first-order valence-electron chi connectivity index (χ1n) is 10.1. The van der Waals surface area contributed by atoms with Crippen molar-refractivity contribution in [2.24, 2.45) is 5.92 Å². The molecular formula is C21H28N2O4. The first kappa shape index (κ1) is 18.3. The van der Waals surface area contributed by atoms with Crippen LogP contribution in [0.4, 0.5) is 0 Å². The molecule has 2 heterocycles. The lowest BCUT2D eigenvalue weighted by molar-refractivity contribution is -0.132. The minimum atomic E-state index is 0.0224. The van der Waals surface area contributed by atoms with E-state index in [0.29, 0.717) is 63.9 Å². The number of ether oxygens (including phenoxy) is 2. The highest BCUT2D eigenvalue weighted by atomic mass is 16.5. The van der Waals surface area contributed by atoms with Crippen LogP contribution in [-0.2, 0) is 16.1 Å². The average Bonchev–Trinajstić information content (AvgIpc) is 3.11. The van der Waals surface area contributed by atoms with Crippen LogP contribution in [0.2, 0.25) is 0 Å². The molecule has 1 aromatic carbocycles. The number of morpholine rings is 1. The SMILES string of the molecule is O=C(CC1CCCC1)N1CCOc2ccc(C(=O)N3CCOCC3)cc2C1. The maximum atomic E-state index is 12.8. The van der Waals surface area contributed by atoms with Gasteiger partial charge in [0.2, 0.25) is 5.91 Å². The lowest BCUT2D eigenvalue weighted by atomic mass is 10.0. The molecule has 0 bridgehead atoms. The molecule has 3 aliphatic rings. The lowest BCUT2D eigenvalue weighted by Crippen LogP contribution is -2.40. The van der Waals surface area contributed by atoms with Gasteiger partial charge >= 0.3 is 0 Å². The molecule has 1 aliphatic carbocycles. The van der Waals surface area contributed by atoms with Crippen molar-refractivity contribution in [2.45, 2.75) is 38.6 Å². The van der Waals surface area contributed by atoms with Crippen molar-refractivity contribution in [1.82, 2.24) is 9.80 Å². The number of hydrogen-bond donors (Lipinski definition) is 0. The van der Waals surface area contributed by atoms with Crippen LogP contribution in [-0.4, -0.2) is 61.1 Å². The molecule has 146 valence electrons. The molecule has 1 saturated carbocycles. The summed E-state index contributed by atoms with van der Waals surface area (Å²) in [6.07, 6.45) is 5.48. The van der Waals surface area contributed by atoms with E-state index in [9.17, 15) is 9.59 Å². The smallest absolute Gasteiger partial charge is 0.254 e. The highest BCUT2D eigenvalue weighted by Crippen LogP contribution is 2.30. The number of fused-ring (bicyclic) bond motifs is 1. The van der Waals surface area contributed by atoms with E-state index >= 15 is 0 Å². The second kappa shape index (κ2) is 8.30. The van der Waals surface area contributed by atoms with Gasteiger partial charge in [-0.05, 0) is 37.0 Å². The molecule has 27 heavy (non-hydrogen) atoms. The minimum absolute atomic E-state index is 0.0224. The summed E-state index contributed by atoms with van der Waals surface area (Å²) < 4.78 is 11.2. The second-order valence-corrected chi connectivity index (χ2v) is 7.75. The third-order valence-electron chi connectivity index (χ3n) is 5.88. The molecule has 2 amide bonds. The molecule has 1 aromatic rings. The number of hydrogen-bond acceptors (Lipinski definition) is 4. The van der Waals surface area contributed by atoms with E-state index in [1.54, 1.807) is 0 Å². The molecule has 0 radical (unpaired) electrons. The number of benzene rings is 1. The van der Waals surface area contributed by atoms with Gasteiger partial charge in [0.05, 0.1) is 19.8 Å². The van der Waals surface area contributed by atoms with E-state index < -0.39 is 0 Å². The van der Waals surface area contributed by atoms with Crippen molar-refractivity contribution in [1.29, 1.82) is 0 Å². The Hall–Kier alpha value is -2.08. The second-order valence-electron chi connectivity index (χ2n) is 7.75. The summed E-state index contributed by atoms with van der Waals surface area (Å²) in [5.41, 5.74) is 1.58. The van der Waals surface area contributed by atoms with E-state index in [1.165, 1.54) is 25.7 Å². The molecule has 6 nitrogen and oxygen atoms in total. The van der Waals surface area contributed by atoms with E-state index in [4.69, 9.17) is 9.47 Å². The third kappa shape index (κ3) is 4.26. The molecule has 6 heteroatoms. The normalized spacial score (nSPS) is 20.7. The van der Waals surface area contributed by atoms with Crippen LogP contribution in [0, 0.1) is 5.92 Å². The summed E-state index contributed by atoms with van der Waals surface area (Å²) in [4.78, 5) is 29.3. The van der Waals surface area contributed by atoms with E-state index in [2.05, 4.69) is 0 Å². The fourth-order valence-corrected chi connectivity index (χ4v) is 4.28. The third-order valence-corrected chi connectivity index (χ3v) is 5.88. The molecular weight excluding hydrogens is 344 g/mol. The van der Waals surface area contributed by atoms with E-state index in [0.717, 1.165) is 11.3 Å². The predicted molar refractivity (Wildman–Crippen MR) is 101 cm³/mol. The first-order chi connectivity index (χ1) is 13.2. The minimum Gasteiger partial charge on any atom is -0.491 e. The van der Waals surface area contributed by atoms with Crippen LogP contribution in [0.25, 0.3) is 0 Å². The van der Waals surface area contributed by atoms with Crippen LogP contribution < -0.4 is 4.74 Å². The summed E-state index contributed by atoms with van der Waals surface area (Å²) in [7, 11) is 0. The van der Waals surface area contributed by atoms with E-state index in [1.807, 2.05) is 28.0 Å². The van der Waals surface area contributed by atoms with Gasteiger partial charge in [-0.1, -0.05) is 12.8 Å².